The third-order valence-corrected chi connectivity index (χ3v) is 6.25. The Morgan fingerprint density at radius 2 is 1.79 bits per heavy atom. The van der Waals surface area contributed by atoms with E-state index in [0.717, 1.165) is 19.3 Å². The first-order chi connectivity index (χ1) is 8.93. The van der Waals surface area contributed by atoms with Crippen molar-refractivity contribution in [1.29, 1.82) is 0 Å². The predicted molar refractivity (Wildman–Crippen MR) is 70.9 cm³/mol. The molecule has 0 aromatic rings. The minimum absolute atomic E-state index is 0.234. The highest BCUT2D eigenvalue weighted by Crippen LogP contribution is 2.27. The zero-order chi connectivity index (χ0) is 14.0. The SMILES string of the molecule is CC1CC(C(=O)O)CCN1S(=O)(=O)N1CCCCC1. The van der Waals surface area contributed by atoms with Crippen molar-refractivity contribution in [2.24, 2.45) is 5.92 Å². The highest BCUT2D eigenvalue weighted by atomic mass is 32.2. The fourth-order valence-electron chi connectivity index (χ4n) is 2.96. The van der Waals surface area contributed by atoms with Gasteiger partial charge in [-0.2, -0.15) is 17.0 Å². The molecule has 0 radical (unpaired) electrons. The van der Waals surface area contributed by atoms with E-state index in [1.54, 1.807) is 11.2 Å². The quantitative estimate of drug-likeness (QED) is 0.838. The van der Waals surface area contributed by atoms with Crippen LogP contribution in [0.1, 0.15) is 39.0 Å². The number of piperidine rings is 2. The maximum Gasteiger partial charge on any atom is 0.306 e. The van der Waals surface area contributed by atoms with Gasteiger partial charge in [0.1, 0.15) is 0 Å². The Kier molecular flexibility index (Phi) is 4.47. The highest BCUT2D eigenvalue weighted by molar-refractivity contribution is 7.86. The number of aliphatic carboxylic acids is 1. The van der Waals surface area contributed by atoms with Gasteiger partial charge in [-0.25, -0.2) is 0 Å². The van der Waals surface area contributed by atoms with E-state index in [4.69, 9.17) is 5.11 Å². The van der Waals surface area contributed by atoms with Crippen molar-refractivity contribution in [1.82, 2.24) is 8.61 Å². The molecule has 7 heteroatoms. The smallest absolute Gasteiger partial charge is 0.306 e. The lowest BCUT2D eigenvalue weighted by Crippen LogP contribution is -2.52. The first kappa shape index (κ1) is 14.7. The molecule has 0 aliphatic carbocycles. The molecule has 2 unspecified atom stereocenters. The van der Waals surface area contributed by atoms with Crippen LogP contribution in [0.15, 0.2) is 0 Å². The topological polar surface area (TPSA) is 77.9 Å². The van der Waals surface area contributed by atoms with E-state index < -0.39 is 22.1 Å². The van der Waals surface area contributed by atoms with Crippen molar-refractivity contribution in [3.05, 3.63) is 0 Å². The number of hydrogen-bond acceptors (Lipinski definition) is 3. The summed E-state index contributed by atoms with van der Waals surface area (Å²) in [6, 6.07) is -0.234. The second-order valence-electron chi connectivity index (χ2n) is 5.49. The van der Waals surface area contributed by atoms with E-state index in [1.165, 1.54) is 4.31 Å². The molecule has 110 valence electrons. The molecular formula is C12H22N2O4S. The summed E-state index contributed by atoms with van der Waals surface area (Å²) in [5.74, 6) is -1.23. The summed E-state index contributed by atoms with van der Waals surface area (Å²) < 4.78 is 28.1. The normalized spacial score (nSPS) is 31.2. The first-order valence-electron chi connectivity index (χ1n) is 6.92. The molecule has 0 aromatic heterocycles. The summed E-state index contributed by atoms with van der Waals surface area (Å²) >= 11 is 0. The second kappa shape index (κ2) is 5.76. The lowest BCUT2D eigenvalue weighted by Gasteiger charge is -2.39. The van der Waals surface area contributed by atoms with Crippen LogP contribution in [0.4, 0.5) is 0 Å². The summed E-state index contributed by atoms with van der Waals surface area (Å²) in [5.41, 5.74) is 0. The minimum atomic E-state index is -3.41. The number of rotatable bonds is 3. The fraction of sp³-hybridized carbons (Fsp3) is 0.917. The van der Waals surface area contributed by atoms with Crippen molar-refractivity contribution >= 4 is 16.2 Å². The molecule has 0 aromatic carbocycles. The summed E-state index contributed by atoms with van der Waals surface area (Å²) in [6.07, 6.45) is 3.73. The van der Waals surface area contributed by atoms with Crippen molar-refractivity contribution in [2.45, 2.75) is 45.1 Å². The van der Waals surface area contributed by atoms with Crippen LogP contribution in [-0.4, -0.2) is 53.8 Å². The van der Waals surface area contributed by atoms with Gasteiger partial charge in [-0.15, -0.1) is 0 Å². The van der Waals surface area contributed by atoms with Gasteiger partial charge in [0.25, 0.3) is 10.2 Å². The Labute approximate surface area is 114 Å². The Morgan fingerprint density at radius 3 is 2.32 bits per heavy atom. The van der Waals surface area contributed by atoms with Crippen LogP contribution in [-0.2, 0) is 15.0 Å². The van der Waals surface area contributed by atoms with Crippen molar-refractivity contribution in [3.8, 4) is 0 Å². The van der Waals surface area contributed by atoms with E-state index in [9.17, 15) is 13.2 Å². The van der Waals surface area contributed by atoms with Gasteiger partial charge in [-0.05, 0) is 32.6 Å². The third-order valence-electron chi connectivity index (χ3n) is 4.10. The maximum absolute atomic E-state index is 12.5. The first-order valence-corrected chi connectivity index (χ1v) is 8.32. The summed E-state index contributed by atoms with van der Waals surface area (Å²) in [6.45, 7) is 3.30. The average molecular weight is 290 g/mol. The van der Waals surface area contributed by atoms with Crippen LogP contribution in [0.5, 0.6) is 0 Å². The third kappa shape index (κ3) is 3.09. The second-order valence-corrected chi connectivity index (χ2v) is 7.37. The van der Waals surface area contributed by atoms with Crippen LogP contribution in [0.25, 0.3) is 0 Å². The van der Waals surface area contributed by atoms with Crippen LogP contribution in [0, 0.1) is 5.92 Å². The number of carboxylic acid groups (broad SMARTS) is 1. The highest BCUT2D eigenvalue weighted by Gasteiger charge is 2.39. The predicted octanol–water partition coefficient (Wildman–Crippen LogP) is 0.902. The van der Waals surface area contributed by atoms with Gasteiger partial charge in [0, 0.05) is 25.7 Å². The lowest BCUT2D eigenvalue weighted by molar-refractivity contribution is -0.143. The number of carboxylic acids is 1. The summed E-state index contributed by atoms with van der Waals surface area (Å²) in [4.78, 5) is 11.0. The Balaban J connectivity index is 2.07. The van der Waals surface area contributed by atoms with E-state index in [-0.39, 0.29) is 6.04 Å². The minimum Gasteiger partial charge on any atom is -0.481 e. The fourth-order valence-corrected chi connectivity index (χ4v) is 4.85. The van der Waals surface area contributed by atoms with Gasteiger partial charge < -0.3 is 5.11 Å². The monoisotopic (exact) mass is 290 g/mol. The standard InChI is InChI=1S/C12H22N2O4S/c1-10-9-11(12(15)16)5-8-14(10)19(17,18)13-6-3-2-4-7-13/h10-11H,2-9H2,1H3,(H,15,16). The van der Waals surface area contributed by atoms with Gasteiger partial charge in [-0.3, -0.25) is 4.79 Å². The summed E-state index contributed by atoms with van der Waals surface area (Å²) in [7, 11) is -3.41. The van der Waals surface area contributed by atoms with E-state index in [1.807, 2.05) is 0 Å². The molecule has 2 rings (SSSR count). The lowest BCUT2D eigenvalue weighted by atomic mass is 9.93. The zero-order valence-corrected chi connectivity index (χ0v) is 12.1. The maximum atomic E-state index is 12.5. The van der Waals surface area contributed by atoms with E-state index >= 15 is 0 Å². The molecule has 2 saturated heterocycles. The van der Waals surface area contributed by atoms with E-state index in [2.05, 4.69) is 0 Å². The molecule has 1 N–H and O–H groups in total. The van der Waals surface area contributed by atoms with Crippen LogP contribution < -0.4 is 0 Å². The average Bonchev–Trinajstić information content (AvgIpc) is 2.39. The van der Waals surface area contributed by atoms with Gasteiger partial charge >= 0.3 is 5.97 Å². The van der Waals surface area contributed by atoms with Crippen LogP contribution in [0.2, 0.25) is 0 Å². The molecular weight excluding hydrogens is 268 g/mol. The van der Waals surface area contributed by atoms with E-state index in [0.29, 0.717) is 32.5 Å². The van der Waals surface area contributed by atoms with Crippen molar-refractivity contribution in [2.75, 3.05) is 19.6 Å². The molecule has 2 aliphatic rings. The number of hydrogen-bond donors (Lipinski definition) is 1. The number of carbonyl (C=O) groups is 1. The van der Waals surface area contributed by atoms with Crippen molar-refractivity contribution < 1.29 is 18.3 Å². The zero-order valence-electron chi connectivity index (χ0n) is 11.3. The molecule has 0 spiro atoms. The Hall–Kier alpha value is -0.660. The largest absolute Gasteiger partial charge is 0.481 e. The number of nitrogens with zero attached hydrogens (tertiary/aromatic N) is 2. The molecule has 0 bridgehead atoms. The molecule has 19 heavy (non-hydrogen) atoms. The Morgan fingerprint density at radius 1 is 1.16 bits per heavy atom. The van der Waals surface area contributed by atoms with Gasteiger partial charge in [0.05, 0.1) is 5.92 Å². The van der Waals surface area contributed by atoms with Gasteiger partial charge in [-0.1, -0.05) is 6.42 Å². The van der Waals surface area contributed by atoms with Gasteiger partial charge in [0.15, 0.2) is 0 Å². The van der Waals surface area contributed by atoms with Crippen LogP contribution in [0.3, 0.4) is 0 Å². The molecule has 2 fully saturated rings. The van der Waals surface area contributed by atoms with Crippen LogP contribution >= 0.6 is 0 Å². The molecule has 2 heterocycles. The molecule has 2 aliphatic heterocycles. The molecule has 0 amide bonds. The van der Waals surface area contributed by atoms with Crippen molar-refractivity contribution in [3.63, 3.8) is 0 Å². The van der Waals surface area contributed by atoms with Gasteiger partial charge in [0.2, 0.25) is 0 Å². The molecule has 6 nitrogen and oxygen atoms in total. The Bertz CT molecular complexity index is 431. The molecule has 0 saturated carbocycles. The summed E-state index contributed by atoms with van der Waals surface area (Å²) in [5, 5.41) is 9.02. The molecule has 2 atom stereocenters.